The average Bonchev–Trinajstić information content (AvgIpc) is 2.97. The number of anilines is 1. The molecule has 1 aromatic carbocycles. The Bertz CT molecular complexity index is 1050. The van der Waals surface area contributed by atoms with Gasteiger partial charge in [0.05, 0.1) is 10.8 Å². The van der Waals surface area contributed by atoms with Gasteiger partial charge in [0.15, 0.2) is 5.58 Å². The molecule has 9 nitrogen and oxygen atoms in total. The number of nitrogens with one attached hydrogen (secondary N) is 2. The SMILES string of the molecule is CC(C)n1c(=O)oc2cc(NC(=O)NC3CCN(S(=O)(=O)C(C)C)CC3)ccc21. The summed E-state index contributed by atoms with van der Waals surface area (Å²) in [6.07, 6.45) is 1.12. The van der Waals surface area contributed by atoms with Crippen molar-refractivity contribution in [3.8, 4) is 0 Å². The van der Waals surface area contributed by atoms with Crippen LogP contribution in [0.25, 0.3) is 11.1 Å². The van der Waals surface area contributed by atoms with Crippen molar-refractivity contribution in [1.82, 2.24) is 14.2 Å². The van der Waals surface area contributed by atoms with Gasteiger partial charge in [-0.25, -0.2) is 22.3 Å². The Hall–Kier alpha value is -2.33. The maximum Gasteiger partial charge on any atom is 0.420 e. The first-order valence-corrected chi connectivity index (χ1v) is 11.3. The lowest BCUT2D eigenvalue weighted by Gasteiger charge is -2.32. The molecular weight excluding hydrogens is 396 g/mol. The lowest BCUT2D eigenvalue weighted by Crippen LogP contribution is -2.48. The van der Waals surface area contributed by atoms with Crippen molar-refractivity contribution < 1.29 is 17.6 Å². The van der Waals surface area contributed by atoms with Gasteiger partial charge in [0, 0.05) is 36.9 Å². The lowest BCUT2D eigenvalue weighted by atomic mass is 10.1. The standard InChI is InChI=1S/C19H28N4O5S/c1-12(2)23-16-6-5-15(11-17(16)28-19(23)25)21-18(24)20-14-7-9-22(10-8-14)29(26,27)13(3)4/h5-6,11-14H,7-10H2,1-4H3,(H2,20,21,24). The smallest absolute Gasteiger partial charge is 0.408 e. The summed E-state index contributed by atoms with van der Waals surface area (Å²) in [5.74, 6) is -0.431. The average molecular weight is 425 g/mol. The topological polar surface area (TPSA) is 114 Å². The maximum absolute atomic E-state index is 12.3. The number of hydrogen-bond acceptors (Lipinski definition) is 5. The van der Waals surface area contributed by atoms with Crippen molar-refractivity contribution in [2.75, 3.05) is 18.4 Å². The molecule has 1 aliphatic rings. The van der Waals surface area contributed by atoms with Crippen LogP contribution in [0.2, 0.25) is 0 Å². The molecule has 1 aromatic heterocycles. The Morgan fingerprint density at radius 3 is 2.41 bits per heavy atom. The maximum atomic E-state index is 12.3. The monoisotopic (exact) mass is 424 g/mol. The fraction of sp³-hybridized carbons (Fsp3) is 0.579. The molecule has 0 aliphatic carbocycles. The number of sulfonamides is 1. The number of aromatic nitrogens is 1. The summed E-state index contributed by atoms with van der Waals surface area (Å²) in [6.45, 7) is 7.92. The quantitative estimate of drug-likeness (QED) is 0.766. The van der Waals surface area contributed by atoms with E-state index >= 15 is 0 Å². The highest BCUT2D eigenvalue weighted by molar-refractivity contribution is 7.89. The third-order valence-electron chi connectivity index (χ3n) is 5.13. The second-order valence-corrected chi connectivity index (χ2v) is 10.4. The van der Waals surface area contributed by atoms with Crippen molar-refractivity contribution in [3.05, 3.63) is 28.7 Å². The predicted octanol–water partition coefficient (Wildman–Crippen LogP) is 2.50. The summed E-state index contributed by atoms with van der Waals surface area (Å²) in [5.41, 5.74) is 1.60. The van der Waals surface area contributed by atoms with E-state index in [1.54, 1.807) is 36.6 Å². The van der Waals surface area contributed by atoms with Gasteiger partial charge in [-0.05, 0) is 52.7 Å². The number of oxazole rings is 1. The number of hydrogen-bond donors (Lipinski definition) is 2. The van der Waals surface area contributed by atoms with Crippen LogP contribution in [0.4, 0.5) is 10.5 Å². The van der Waals surface area contributed by atoms with Gasteiger partial charge in [0.2, 0.25) is 10.0 Å². The molecule has 2 aromatic rings. The number of urea groups is 1. The van der Waals surface area contributed by atoms with Crippen molar-refractivity contribution in [2.45, 2.75) is 57.9 Å². The molecule has 0 atom stereocenters. The Morgan fingerprint density at radius 2 is 1.83 bits per heavy atom. The second kappa shape index (κ2) is 8.19. The minimum Gasteiger partial charge on any atom is -0.408 e. The van der Waals surface area contributed by atoms with E-state index in [9.17, 15) is 18.0 Å². The first-order chi connectivity index (χ1) is 13.6. The Morgan fingerprint density at radius 1 is 1.17 bits per heavy atom. The van der Waals surface area contributed by atoms with E-state index in [1.807, 2.05) is 13.8 Å². The minimum atomic E-state index is -3.26. The summed E-state index contributed by atoms with van der Waals surface area (Å²) in [5, 5.41) is 5.18. The van der Waals surface area contributed by atoms with E-state index in [-0.39, 0.29) is 18.1 Å². The molecule has 10 heteroatoms. The van der Waals surface area contributed by atoms with Gasteiger partial charge < -0.3 is 15.1 Å². The largest absolute Gasteiger partial charge is 0.420 e. The first kappa shape index (κ1) is 21.4. The fourth-order valence-electron chi connectivity index (χ4n) is 3.51. The predicted molar refractivity (Wildman–Crippen MR) is 112 cm³/mol. The molecule has 1 fully saturated rings. The van der Waals surface area contributed by atoms with Gasteiger partial charge in [0.1, 0.15) is 0 Å². The van der Waals surface area contributed by atoms with E-state index in [0.29, 0.717) is 42.7 Å². The lowest BCUT2D eigenvalue weighted by molar-refractivity contribution is 0.238. The van der Waals surface area contributed by atoms with Gasteiger partial charge in [-0.15, -0.1) is 0 Å². The summed E-state index contributed by atoms with van der Waals surface area (Å²) in [7, 11) is -3.26. The number of nitrogens with zero attached hydrogens (tertiary/aromatic N) is 2. The third kappa shape index (κ3) is 4.48. The highest BCUT2D eigenvalue weighted by Crippen LogP contribution is 2.21. The van der Waals surface area contributed by atoms with Gasteiger partial charge in [-0.3, -0.25) is 4.57 Å². The molecule has 160 valence electrons. The number of carbonyl (C=O) groups excluding carboxylic acids is 1. The van der Waals surface area contributed by atoms with Crippen LogP contribution in [0.15, 0.2) is 27.4 Å². The Kier molecular flexibility index (Phi) is 6.04. The molecule has 0 bridgehead atoms. The highest BCUT2D eigenvalue weighted by Gasteiger charge is 2.30. The molecule has 2 amide bonds. The molecule has 3 rings (SSSR count). The molecule has 29 heavy (non-hydrogen) atoms. The highest BCUT2D eigenvalue weighted by atomic mass is 32.2. The number of carbonyl (C=O) groups is 1. The summed E-state index contributed by atoms with van der Waals surface area (Å²) in [4.78, 5) is 24.3. The molecule has 0 saturated carbocycles. The zero-order valence-electron chi connectivity index (χ0n) is 17.1. The summed E-state index contributed by atoms with van der Waals surface area (Å²) >= 11 is 0. The molecule has 0 unspecified atom stereocenters. The first-order valence-electron chi connectivity index (χ1n) is 9.81. The van der Waals surface area contributed by atoms with Crippen molar-refractivity contribution in [3.63, 3.8) is 0 Å². The zero-order valence-corrected chi connectivity index (χ0v) is 18.0. The minimum absolute atomic E-state index is 0.0313. The number of fused-ring (bicyclic) bond motifs is 1. The molecule has 0 spiro atoms. The van der Waals surface area contributed by atoms with Gasteiger partial charge in [-0.2, -0.15) is 0 Å². The van der Waals surface area contributed by atoms with Crippen molar-refractivity contribution >= 4 is 32.8 Å². The number of benzene rings is 1. The molecule has 2 heterocycles. The van der Waals surface area contributed by atoms with Crippen LogP contribution in [0.3, 0.4) is 0 Å². The van der Waals surface area contributed by atoms with Crippen molar-refractivity contribution in [1.29, 1.82) is 0 Å². The van der Waals surface area contributed by atoms with Crippen LogP contribution < -0.4 is 16.4 Å². The molecule has 0 radical (unpaired) electrons. The fourth-order valence-corrected chi connectivity index (χ4v) is 4.82. The summed E-state index contributed by atoms with van der Waals surface area (Å²) < 4.78 is 32.8. The normalized spacial score (nSPS) is 16.6. The van der Waals surface area contributed by atoms with Gasteiger partial charge >= 0.3 is 11.8 Å². The van der Waals surface area contributed by atoms with Gasteiger partial charge in [0.25, 0.3) is 0 Å². The Balaban J connectivity index is 1.60. The van der Waals surface area contributed by atoms with Crippen LogP contribution in [0, 0.1) is 0 Å². The van der Waals surface area contributed by atoms with E-state index in [0.717, 1.165) is 0 Å². The van der Waals surface area contributed by atoms with Crippen LogP contribution in [0.5, 0.6) is 0 Å². The van der Waals surface area contributed by atoms with Crippen molar-refractivity contribution in [2.24, 2.45) is 0 Å². The second-order valence-electron chi connectivity index (χ2n) is 7.88. The van der Waals surface area contributed by atoms with Crippen LogP contribution >= 0.6 is 0 Å². The van der Waals surface area contributed by atoms with Crippen LogP contribution in [-0.4, -0.2) is 47.7 Å². The molecule has 1 saturated heterocycles. The van der Waals surface area contributed by atoms with E-state index < -0.39 is 21.0 Å². The van der Waals surface area contributed by atoms with E-state index in [2.05, 4.69) is 10.6 Å². The summed E-state index contributed by atoms with van der Waals surface area (Å²) in [6, 6.07) is 4.57. The van der Waals surface area contributed by atoms with Crippen LogP contribution in [0.1, 0.15) is 46.6 Å². The van der Waals surface area contributed by atoms with Crippen LogP contribution in [-0.2, 0) is 10.0 Å². The van der Waals surface area contributed by atoms with Gasteiger partial charge in [-0.1, -0.05) is 0 Å². The van der Waals surface area contributed by atoms with E-state index in [4.69, 9.17) is 4.42 Å². The van der Waals surface area contributed by atoms with E-state index in [1.165, 1.54) is 4.31 Å². The Labute approximate surface area is 170 Å². The molecular formula is C19H28N4O5S. The number of piperidine rings is 1. The third-order valence-corrected chi connectivity index (χ3v) is 7.41. The molecule has 2 N–H and O–H groups in total. The number of rotatable bonds is 5. The molecule has 1 aliphatic heterocycles. The zero-order chi connectivity index (χ0) is 21.3. The number of amides is 2.